The number of nitrogens with one attached hydrogen (secondary N) is 2. The van der Waals surface area contributed by atoms with E-state index in [0.717, 1.165) is 0 Å². The predicted molar refractivity (Wildman–Crippen MR) is 105 cm³/mol. The number of anilines is 2. The largest absolute Gasteiger partial charge is 0.338 e. The quantitative estimate of drug-likeness (QED) is 0.484. The van der Waals surface area contributed by atoms with Crippen molar-refractivity contribution in [1.29, 1.82) is 0 Å². The van der Waals surface area contributed by atoms with Gasteiger partial charge in [-0.25, -0.2) is 15.0 Å². The molecule has 0 radical (unpaired) electrons. The van der Waals surface area contributed by atoms with E-state index in [4.69, 9.17) is 23.2 Å². The molecule has 0 atom stereocenters. The van der Waals surface area contributed by atoms with Crippen molar-refractivity contribution in [2.45, 2.75) is 6.92 Å². The van der Waals surface area contributed by atoms with E-state index >= 15 is 0 Å². The zero-order valence-corrected chi connectivity index (χ0v) is 15.5. The number of ketones is 1. The second-order valence-electron chi connectivity index (χ2n) is 5.71. The van der Waals surface area contributed by atoms with Crippen LogP contribution in [-0.2, 0) is 0 Å². The van der Waals surface area contributed by atoms with Gasteiger partial charge in [-0.15, -0.1) is 0 Å². The summed E-state index contributed by atoms with van der Waals surface area (Å²) in [6.45, 7) is 1.46. The topological polar surface area (TPSA) is 96.5 Å². The highest BCUT2D eigenvalue weighted by Crippen LogP contribution is 2.34. The second-order valence-corrected chi connectivity index (χ2v) is 6.53. The van der Waals surface area contributed by atoms with Gasteiger partial charge >= 0.3 is 0 Å². The Morgan fingerprint density at radius 1 is 1.11 bits per heavy atom. The number of Topliss-reactive ketones (excluding diaryl/α,β-unsaturated/α-hetero) is 1. The molecule has 27 heavy (non-hydrogen) atoms. The average molecular weight is 399 g/mol. The molecular formula is C18H12Cl2N6O. The van der Waals surface area contributed by atoms with Crippen LogP contribution in [0.25, 0.3) is 22.6 Å². The fourth-order valence-electron chi connectivity index (χ4n) is 2.60. The number of aromatic nitrogens is 5. The molecule has 9 heteroatoms. The maximum absolute atomic E-state index is 11.5. The van der Waals surface area contributed by atoms with Crippen molar-refractivity contribution in [3.63, 3.8) is 0 Å². The van der Waals surface area contributed by atoms with E-state index in [1.807, 2.05) is 0 Å². The highest BCUT2D eigenvalue weighted by Gasteiger charge is 2.16. The molecule has 4 aromatic rings. The third-order valence-corrected chi connectivity index (χ3v) is 4.50. The lowest BCUT2D eigenvalue weighted by Gasteiger charge is -2.06. The van der Waals surface area contributed by atoms with E-state index < -0.39 is 0 Å². The molecule has 0 bridgehead atoms. The molecule has 0 spiro atoms. The number of rotatable bonds is 4. The Bertz CT molecular complexity index is 1150. The van der Waals surface area contributed by atoms with Crippen LogP contribution < -0.4 is 5.32 Å². The summed E-state index contributed by atoms with van der Waals surface area (Å²) in [7, 11) is 0. The minimum absolute atomic E-state index is 0.122. The molecular weight excluding hydrogens is 387 g/mol. The number of pyridine rings is 1. The van der Waals surface area contributed by atoms with Crippen molar-refractivity contribution in [1.82, 2.24) is 24.9 Å². The van der Waals surface area contributed by atoms with Crippen molar-refractivity contribution in [3.8, 4) is 11.4 Å². The smallest absolute Gasteiger partial charge is 0.183 e. The summed E-state index contributed by atoms with van der Waals surface area (Å²) in [5, 5.41) is 4.11. The molecule has 0 saturated carbocycles. The molecule has 1 aromatic carbocycles. The lowest BCUT2D eigenvalue weighted by molar-refractivity contribution is 0.101. The molecule has 0 fully saturated rings. The van der Waals surface area contributed by atoms with Gasteiger partial charge < -0.3 is 10.3 Å². The van der Waals surface area contributed by atoms with Gasteiger partial charge in [0.2, 0.25) is 0 Å². The number of hydrogen-bond acceptors (Lipinski definition) is 6. The highest BCUT2D eigenvalue weighted by atomic mass is 35.5. The number of imidazole rings is 1. The van der Waals surface area contributed by atoms with Crippen molar-refractivity contribution in [2.24, 2.45) is 0 Å². The number of carbonyl (C=O) groups excluding carboxylic acids is 1. The van der Waals surface area contributed by atoms with E-state index in [0.29, 0.717) is 49.8 Å². The molecule has 0 aliphatic heterocycles. The molecule has 2 N–H and O–H groups in total. The normalized spacial score (nSPS) is 10.9. The Morgan fingerprint density at radius 2 is 1.89 bits per heavy atom. The van der Waals surface area contributed by atoms with Crippen LogP contribution >= 0.6 is 23.2 Å². The van der Waals surface area contributed by atoms with Gasteiger partial charge in [0.25, 0.3) is 0 Å². The molecule has 0 unspecified atom stereocenters. The lowest BCUT2D eigenvalue weighted by atomic mass is 10.2. The summed E-state index contributed by atoms with van der Waals surface area (Å²) in [5.41, 5.74) is 2.66. The summed E-state index contributed by atoms with van der Waals surface area (Å²) >= 11 is 12.5. The van der Waals surface area contributed by atoms with Gasteiger partial charge in [0.05, 0.1) is 15.6 Å². The van der Waals surface area contributed by atoms with Gasteiger partial charge in [-0.1, -0.05) is 29.3 Å². The summed E-state index contributed by atoms with van der Waals surface area (Å²) in [4.78, 5) is 31.7. The van der Waals surface area contributed by atoms with Crippen molar-refractivity contribution in [2.75, 3.05) is 5.32 Å². The Morgan fingerprint density at radius 3 is 2.63 bits per heavy atom. The van der Waals surface area contributed by atoms with E-state index in [1.165, 1.54) is 13.3 Å². The Balaban J connectivity index is 1.78. The van der Waals surface area contributed by atoms with Gasteiger partial charge in [-0.2, -0.15) is 0 Å². The first-order valence-electron chi connectivity index (χ1n) is 7.92. The lowest BCUT2D eigenvalue weighted by Crippen LogP contribution is -2.00. The monoisotopic (exact) mass is 398 g/mol. The van der Waals surface area contributed by atoms with Gasteiger partial charge in [0.15, 0.2) is 17.2 Å². The van der Waals surface area contributed by atoms with Crippen LogP contribution in [0, 0.1) is 0 Å². The summed E-state index contributed by atoms with van der Waals surface area (Å²) < 4.78 is 0. The van der Waals surface area contributed by atoms with Crippen LogP contribution in [0.4, 0.5) is 11.5 Å². The molecule has 0 saturated heterocycles. The van der Waals surface area contributed by atoms with Crippen molar-refractivity contribution in [3.05, 3.63) is 58.6 Å². The molecule has 0 amide bonds. The Labute approximate surface area is 163 Å². The van der Waals surface area contributed by atoms with E-state index in [2.05, 4.69) is 30.2 Å². The number of hydrogen-bond donors (Lipinski definition) is 2. The van der Waals surface area contributed by atoms with Crippen LogP contribution in [0.5, 0.6) is 0 Å². The molecule has 0 aliphatic carbocycles. The van der Waals surface area contributed by atoms with Gasteiger partial charge in [-0.3, -0.25) is 9.78 Å². The zero-order chi connectivity index (χ0) is 19.0. The SMILES string of the molecule is CC(=O)c1cc(Nc2ncnc3nc(-c4c(Cl)cccc4Cl)[nH]c23)ccn1. The highest BCUT2D eigenvalue weighted by molar-refractivity contribution is 6.39. The van der Waals surface area contributed by atoms with Gasteiger partial charge in [-0.05, 0) is 24.3 Å². The van der Waals surface area contributed by atoms with E-state index in [1.54, 1.807) is 36.5 Å². The Kier molecular flexibility index (Phi) is 4.47. The maximum Gasteiger partial charge on any atom is 0.183 e. The number of nitrogens with zero attached hydrogens (tertiary/aromatic N) is 4. The standard InChI is InChI=1S/C18H12Cl2N6O/c1-9(27)13-7-10(5-6-21-13)24-17-15-18(23-8-22-17)26-16(25-15)14-11(19)3-2-4-12(14)20/h2-8H,1H3,(H2,21,22,23,24,25,26). The maximum atomic E-state index is 11.5. The zero-order valence-electron chi connectivity index (χ0n) is 14.0. The first-order valence-corrected chi connectivity index (χ1v) is 8.67. The predicted octanol–water partition coefficient (Wildman–Crippen LogP) is 4.67. The molecule has 7 nitrogen and oxygen atoms in total. The number of fused-ring (bicyclic) bond motifs is 1. The van der Waals surface area contributed by atoms with Crippen LogP contribution in [-0.4, -0.2) is 30.7 Å². The fraction of sp³-hybridized carbons (Fsp3) is 0.0556. The number of carbonyl (C=O) groups is 1. The van der Waals surface area contributed by atoms with Crippen molar-refractivity contribution >= 4 is 51.7 Å². The number of H-pyrrole nitrogens is 1. The number of aromatic amines is 1. The van der Waals surface area contributed by atoms with Gasteiger partial charge in [0, 0.05) is 18.8 Å². The second kappa shape index (κ2) is 6.94. The van der Waals surface area contributed by atoms with Crippen molar-refractivity contribution < 1.29 is 4.79 Å². The summed E-state index contributed by atoms with van der Waals surface area (Å²) in [6, 6.07) is 8.63. The molecule has 0 aliphatic rings. The third kappa shape index (κ3) is 3.34. The van der Waals surface area contributed by atoms with E-state index in [-0.39, 0.29) is 5.78 Å². The van der Waals surface area contributed by atoms with Crippen LogP contribution in [0.15, 0.2) is 42.9 Å². The first-order chi connectivity index (χ1) is 13.0. The van der Waals surface area contributed by atoms with Gasteiger partial charge in [0.1, 0.15) is 23.4 Å². The molecule has 4 rings (SSSR count). The number of halogens is 2. The minimum Gasteiger partial charge on any atom is -0.338 e. The fourth-order valence-corrected chi connectivity index (χ4v) is 3.18. The average Bonchev–Trinajstić information content (AvgIpc) is 3.06. The Hall–Kier alpha value is -3.03. The minimum atomic E-state index is -0.122. The van der Waals surface area contributed by atoms with Crippen LogP contribution in [0.2, 0.25) is 10.0 Å². The summed E-state index contributed by atoms with van der Waals surface area (Å²) in [5.74, 6) is 0.870. The van der Waals surface area contributed by atoms with Crippen LogP contribution in [0.3, 0.4) is 0 Å². The third-order valence-electron chi connectivity index (χ3n) is 3.87. The molecule has 3 aromatic heterocycles. The van der Waals surface area contributed by atoms with E-state index in [9.17, 15) is 4.79 Å². The van der Waals surface area contributed by atoms with Crippen LogP contribution in [0.1, 0.15) is 17.4 Å². The number of benzene rings is 1. The molecule has 3 heterocycles. The molecule has 134 valence electrons. The first kappa shape index (κ1) is 17.4. The summed E-state index contributed by atoms with van der Waals surface area (Å²) in [6.07, 6.45) is 2.95.